The lowest BCUT2D eigenvalue weighted by Gasteiger charge is -2.38. The summed E-state index contributed by atoms with van der Waals surface area (Å²) in [5.74, 6) is 0. The fourth-order valence-corrected chi connectivity index (χ4v) is 2.82. The second-order valence-electron chi connectivity index (χ2n) is 6.59. The first-order valence-electron chi connectivity index (χ1n) is 6.63. The zero-order chi connectivity index (χ0) is 14.6. The fourth-order valence-electron chi connectivity index (χ4n) is 1.35. The van der Waals surface area contributed by atoms with E-state index in [1.807, 2.05) is 13.8 Å². The minimum atomic E-state index is -3.00. The van der Waals surface area contributed by atoms with E-state index in [0.717, 1.165) is 0 Å². The summed E-state index contributed by atoms with van der Waals surface area (Å²) >= 11 is 0. The van der Waals surface area contributed by atoms with E-state index >= 15 is 0 Å². The van der Waals surface area contributed by atoms with Crippen LogP contribution in [0.1, 0.15) is 55.4 Å². The van der Waals surface area contributed by atoms with Gasteiger partial charge in [-0.3, -0.25) is 14.4 Å². The lowest BCUT2D eigenvalue weighted by Crippen LogP contribution is -2.50. The predicted molar refractivity (Wildman–Crippen MR) is 77.0 cm³/mol. The largest absolute Gasteiger partial charge is 0.331 e. The first kappa shape index (κ1) is 18.1. The highest BCUT2D eigenvalue weighted by Crippen LogP contribution is 2.50. The van der Waals surface area contributed by atoms with Crippen molar-refractivity contribution in [2.75, 3.05) is 12.8 Å². The summed E-state index contributed by atoms with van der Waals surface area (Å²) in [7, 11) is -3.00. The number of nitrogens with one attached hydrogen (secondary N) is 1. The summed E-state index contributed by atoms with van der Waals surface area (Å²) in [5.41, 5.74) is -0.266. The third kappa shape index (κ3) is 6.89. The van der Waals surface area contributed by atoms with Crippen LogP contribution in [0.2, 0.25) is 0 Å². The van der Waals surface area contributed by atoms with Crippen LogP contribution in [-0.4, -0.2) is 24.5 Å². The maximum absolute atomic E-state index is 12.4. The molecule has 0 aromatic carbocycles. The van der Waals surface area contributed by atoms with Crippen LogP contribution in [0.25, 0.3) is 0 Å². The predicted octanol–water partition coefficient (Wildman–Crippen LogP) is 4.01. The van der Waals surface area contributed by atoms with Crippen molar-refractivity contribution in [1.29, 1.82) is 0 Å². The molecule has 110 valence electrons. The third-order valence-corrected chi connectivity index (χ3v) is 4.29. The third-order valence-electron chi connectivity index (χ3n) is 2.33. The van der Waals surface area contributed by atoms with Crippen LogP contribution in [0.3, 0.4) is 0 Å². The molecular weight excluding hydrogens is 249 g/mol. The van der Waals surface area contributed by atoms with Gasteiger partial charge in [0.2, 0.25) is 0 Å². The number of hydrogen-bond donors (Lipinski definition) is 1. The van der Waals surface area contributed by atoms with Gasteiger partial charge in [-0.2, -0.15) is 0 Å². The maximum Gasteiger partial charge on any atom is 0.331 e. The van der Waals surface area contributed by atoms with Crippen molar-refractivity contribution < 1.29 is 13.6 Å². The molecule has 0 spiro atoms. The molecule has 0 aliphatic rings. The lowest BCUT2D eigenvalue weighted by atomic mass is 9.92. The highest BCUT2D eigenvalue weighted by molar-refractivity contribution is 7.53. The van der Waals surface area contributed by atoms with Crippen molar-refractivity contribution in [2.24, 2.45) is 5.41 Å². The maximum atomic E-state index is 12.4. The molecule has 5 heteroatoms. The summed E-state index contributed by atoms with van der Waals surface area (Å²) in [6, 6.07) is 0. The van der Waals surface area contributed by atoms with Gasteiger partial charge in [-0.05, 0) is 27.7 Å². The van der Waals surface area contributed by atoms with Gasteiger partial charge < -0.3 is 4.52 Å². The highest BCUT2D eigenvalue weighted by atomic mass is 31.2. The molecule has 0 aliphatic heterocycles. The Morgan fingerprint density at radius 1 is 1.11 bits per heavy atom. The quantitative estimate of drug-likeness (QED) is 0.589. The molecule has 0 aromatic rings. The molecule has 1 N–H and O–H groups in total. The van der Waals surface area contributed by atoms with E-state index in [-0.39, 0.29) is 17.2 Å². The summed E-state index contributed by atoms with van der Waals surface area (Å²) in [6.45, 7) is 16.4. The van der Waals surface area contributed by atoms with Gasteiger partial charge in [0, 0.05) is 17.1 Å². The topological polar surface area (TPSA) is 47.6 Å². The Morgan fingerprint density at radius 3 is 1.89 bits per heavy atom. The molecule has 0 aliphatic carbocycles. The molecule has 18 heavy (non-hydrogen) atoms. The van der Waals surface area contributed by atoms with Gasteiger partial charge in [0.15, 0.2) is 0 Å². The summed E-state index contributed by atoms with van der Waals surface area (Å²) < 4.78 is 23.5. The number of hydrogen-bond acceptors (Lipinski definition) is 4. The van der Waals surface area contributed by atoms with Gasteiger partial charge in [-0.1, -0.05) is 27.7 Å². The average Bonchev–Trinajstić information content (AvgIpc) is 2.13. The summed E-state index contributed by atoms with van der Waals surface area (Å²) in [6.07, 6.45) is 0.0778. The molecule has 0 aromatic heterocycles. The Bertz CT molecular complexity index is 292. The monoisotopic (exact) mass is 279 g/mol. The van der Waals surface area contributed by atoms with E-state index < -0.39 is 7.60 Å². The molecule has 2 unspecified atom stereocenters. The van der Waals surface area contributed by atoms with E-state index in [0.29, 0.717) is 12.8 Å². The molecule has 0 amide bonds. The standard InChI is InChI=1S/C13H30NO3P/c1-9-16-18(15,10-2)17-11(12(3,4)5)14-13(6,7)8/h11,14H,9-10H2,1-8H3. The summed E-state index contributed by atoms with van der Waals surface area (Å²) in [5, 5.41) is 3.37. The van der Waals surface area contributed by atoms with E-state index in [4.69, 9.17) is 9.05 Å². The van der Waals surface area contributed by atoms with E-state index in [1.54, 1.807) is 0 Å². The van der Waals surface area contributed by atoms with E-state index in [9.17, 15) is 4.57 Å². The molecule has 0 saturated carbocycles. The average molecular weight is 279 g/mol. The Hall–Kier alpha value is 0.110. The molecule has 0 saturated heterocycles. The molecule has 0 rings (SSSR count). The molecular formula is C13H30NO3P. The van der Waals surface area contributed by atoms with Gasteiger partial charge >= 0.3 is 7.60 Å². The van der Waals surface area contributed by atoms with E-state index in [2.05, 4.69) is 46.9 Å². The molecule has 0 bridgehead atoms. The summed E-state index contributed by atoms with van der Waals surface area (Å²) in [4.78, 5) is 0. The Kier molecular flexibility index (Phi) is 6.55. The smallest absolute Gasteiger partial charge is 0.309 e. The van der Waals surface area contributed by atoms with Crippen molar-refractivity contribution in [1.82, 2.24) is 5.32 Å². The zero-order valence-corrected chi connectivity index (χ0v) is 14.1. The number of rotatable bonds is 6. The Balaban J connectivity index is 4.95. The van der Waals surface area contributed by atoms with Crippen molar-refractivity contribution in [3.05, 3.63) is 0 Å². The lowest BCUT2D eigenvalue weighted by molar-refractivity contribution is 0.0203. The first-order chi connectivity index (χ1) is 7.93. The van der Waals surface area contributed by atoms with Crippen molar-refractivity contribution in [3.8, 4) is 0 Å². The normalized spacial score (nSPS) is 18.4. The molecule has 2 atom stereocenters. The van der Waals surface area contributed by atoms with E-state index in [1.165, 1.54) is 0 Å². The van der Waals surface area contributed by atoms with Crippen molar-refractivity contribution in [3.63, 3.8) is 0 Å². The first-order valence-corrected chi connectivity index (χ1v) is 8.36. The molecule has 0 heterocycles. The molecule has 4 nitrogen and oxygen atoms in total. The van der Waals surface area contributed by atoms with Crippen molar-refractivity contribution in [2.45, 2.75) is 67.2 Å². The second-order valence-corrected chi connectivity index (χ2v) is 8.91. The zero-order valence-electron chi connectivity index (χ0n) is 13.2. The van der Waals surface area contributed by atoms with Gasteiger partial charge in [-0.15, -0.1) is 0 Å². The minimum absolute atomic E-state index is 0.108. The highest BCUT2D eigenvalue weighted by Gasteiger charge is 2.35. The van der Waals surface area contributed by atoms with Crippen LogP contribution in [0, 0.1) is 5.41 Å². The Labute approximate surface area is 112 Å². The SMILES string of the molecule is CCOP(=O)(CC)OC(NC(C)(C)C)C(C)(C)C. The van der Waals surface area contributed by atoms with Gasteiger partial charge in [0.25, 0.3) is 0 Å². The van der Waals surface area contributed by atoms with Crippen LogP contribution < -0.4 is 5.32 Å². The van der Waals surface area contributed by atoms with Crippen LogP contribution in [0.5, 0.6) is 0 Å². The molecule has 0 fully saturated rings. The second kappa shape index (κ2) is 6.51. The van der Waals surface area contributed by atoms with Crippen LogP contribution in [-0.2, 0) is 13.6 Å². The van der Waals surface area contributed by atoms with Crippen LogP contribution >= 0.6 is 7.60 Å². The van der Waals surface area contributed by atoms with Crippen LogP contribution in [0.4, 0.5) is 0 Å². The van der Waals surface area contributed by atoms with Gasteiger partial charge in [0.05, 0.1) is 6.61 Å². The minimum Gasteiger partial charge on any atom is -0.309 e. The molecule has 0 radical (unpaired) electrons. The fraction of sp³-hybridized carbons (Fsp3) is 1.00. The van der Waals surface area contributed by atoms with Gasteiger partial charge in [0.1, 0.15) is 6.23 Å². The van der Waals surface area contributed by atoms with Gasteiger partial charge in [-0.25, -0.2) is 0 Å². The van der Waals surface area contributed by atoms with Crippen molar-refractivity contribution >= 4 is 7.60 Å². The Morgan fingerprint density at radius 2 is 1.61 bits per heavy atom. The van der Waals surface area contributed by atoms with Crippen LogP contribution in [0.15, 0.2) is 0 Å².